The molecule has 3 rings (SSSR count). The maximum absolute atomic E-state index is 12.4. The zero-order chi connectivity index (χ0) is 18.7. The molecule has 1 aromatic heterocycles. The van der Waals surface area contributed by atoms with Crippen molar-refractivity contribution in [2.24, 2.45) is 7.05 Å². The van der Waals surface area contributed by atoms with Crippen molar-refractivity contribution in [1.29, 1.82) is 0 Å². The number of para-hydroxylation sites is 2. The lowest BCUT2D eigenvalue weighted by atomic mass is 10.1. The van der Waals surface area contributed by atoms with Crippen LogP contribution in [0.15, 0.2) is 47.3 Å². The number of nitrogens with one attached hydrogen (secondary N) is 1. The van der Waals surface area contributed by atoms with Gasteiger partial charge in [-0.05, 0) is 36.6 Å². The third-order valence-corrected chi connectivity index (χ3v) is 4.66. The van der Waals surface area contributed by atoms with Gasteiger partial charge in [0.05, 0.1) is 10.9 Å². The molecule has 0 aliphatic rings. The SMILES string of the molecule is CCc1cccc(C)c1NC(=O)CCc1nc2ccccc2c(=O)n1C. The van der Waals surface area contributed by atoms with Crippen LogP contribution in [0.1, 0.15) is 30.3 Å². The highest BCUT2D eigenvalue weighted by molar-refractivity contribution is 5.92. The topological polar surface area (TPSA) is 64.0 Å². The molecule has 2 aromatic carbocycles. The van der Waals surface area contributed by atoms with E-state index in [4.69, 9.17) is 0 Å². The van der Waals surface area contributed by atoms with Crippen molar-refractivity contribution < 1.29 is 4.79 Å². The van der Waals surface area contributed by atoms with E-state index < -0.39 is 0 Å². The molecule has 0 spiro atoms. The first-order chi connectivity index (χ1) is 12.5. The molecule has 1 N–H and O–H groups in total. The third kappa shape index (κ3) is 3.52. The van der Waals surface area contributed by atoms with E-state index in [2.05, 4.69) is 17.2 Å². The highest BCUT2D eigenvalue weighted by Crippen LogP contribution is 2.21. The van der Waals surface area contributed by atoms with Gasteiger partial charge in [-0.15, -0.1) is 0 Å². The Morgan fingerprint density at radius 3 is 2.69 bits per heavy atom. The summed E-state index contributed by atoms with van der Waals surface area (Å²) in [5.41, 5.74) is 3.64. The fourth-order valence-electron chi connectivity index (χ4n) is 3.12. The van der Waals surface area contributed by atoms with E-state index in [1.807, 2.05) is 43.3 Å². The van der Waals surface area contributed by atoms with Gasteiger partial charge in [0, 0.05) is 25.6 Å². The van der Waals surface area contributed by atoms with Crippen LogP contribution in [-0.4, -0.2) is 15.5 Å². The lowest BCUT2D eigenvalue weighted by molar-refractivity contribution is -0.116. The van der Waals surface area contributed by atoms with Crippen LogP contribution in [0.5, 0.6) is 0 Å². The zero-order valence-corrected chi connectivity index (χ0v) is 15.4. The average molecular weight is 349 g/mol. The second kappa shape index (κ2) is 7.52. The molecular formula is C21H23N3O2. The number of benzene rings is 2. The standard InChI is InChI=1S/C21H23N3O2/c1-4-15-9-7-8-14(2)20(15)23-19(25)13-12-18-22-17-11-6-5-10-16(17)21(26)24(18)3/h5-11H,4,12-13H2,1-3H3,(H,23,25). The first kappa shape index (κ1) is 17.9. The largest absolute Gasteiger partial charge is 0.326 e. The molecule has 134 valence electrons. The summed E-state index contributed by atoms with van der Waals surface area (Å²) in [6.45, 7) is 4.06. The van der Waals surface area contributed by atoms with Gasteiger partial charge < -0.3 is 5.32 Å². The Morgan fingerprint density at radius 2 is 1.92 bits per heavy atom. The Kier molecular flexibility index (Phi) is 5.16. The van der Waals surface area contributed by atoms with E-state index in [0.717, 1.165) is 23.2 Å². The number of nitrogens with zero attached hydrogens (tertiary/aromatic N) is 2. The Balaban J connectivity index is 1.78. The van der Waals surface area contributed by atoms with Crippen LogP contribution in [0.3, 0.4) is 0 Å². The van der Waals surface area contributed by atoms with Crippen molar-refractivity contribution in [2.45, 2.75) is 33.1 Å². The van der Waals surface area contributed by atoms with Gasteiger partial charge in [0.25, 0.3) is 5.56 Å². The smallest absolute Gasteiger partial charge is 0.261 e. The van der Waals surface area contributed by atoms with Gasteiger partial charge in [-0.3, -0.25) is 14.2 Å². The van der Waals surface area contributed by atoms with Crippen molar-refractivity contribution in [3.63, 3.8) is 0 Å². The van der Waals surface area contributed by atoms with Gasteiger partial charge in [-0.25, -0.2) is 4.98 Å². The number of fused-ring (bicyclic) bond motifs is 1. The van der Waals surface area contributed by atoms with Crippen LogP contribution in [0.25, 0.3) is 10.9 Å². The molecule has 26 heavy (non-hydrogen) atoms. The van der Waals surface area contributed by atoms with Crippen LogP contribution in [0.4, 0.5) is 5.69 Å². The van der Waals surface area contributed by atoms with Gasteiger partial charge in [0.2, 0.25) is 5.91 Å². The number of aromatic nitrogens is 2. The summed E-state index contributed by atoms with van der Waals surface area (Å²) in [6.07, 6.45) is 1.55. The maximum atomic E-state index is 12.4. The molecule has 5 nitrogen and oxygen atoms in total. The molecule has 0 radical (unpaired) electrons. The Hall–Kier alpha value is -2.95. The van der Waals surface area contributed by atoms with E-state index in [0.29, 0.717) is 23.1 Å². The molecule has 0 atom stereocenters. The fraction of sp³-hybridized carbons (Fsp3) is 0.286. The van der Waals surface area contributed by atoms with Crippen LogP contribution >= 0.6 is 0 Å². The van der Waals surface area contributed by atoms with Crippen LogP contribution in [-0.2, 0) is 24.7 Å². The Labute approximate surface area is 152 Å². The molecule has 0 aliphatic heterocycles. The lowest BCUT2D eigenvalue weighted by Crippen LogP contribution is -2.23. The minimum absolute atomic E-state index is 0.0728. The molecule has 0 saturated heterocycles. The number of anilines is 1. The van der Waals surface area contributed by atoms with Crippen molar-refractivity contribution in [2.75, 3.05) is 5.32 Å². The van der Waals surface area contributed by atoms with Crippen molar-refractivity contribution in [3.8, 4) is 0 Å². The Bertz CT molecular complexity index is 1020. The number of hydrogen-bond donors (Lipinski definition) is 1. The zero-order valence-electron chi connectivity index (χ0n) is 15.4. The van der Waals surface area contributed by atoms with Crippen LogP contribution < -0.4 is 10.9 Å². The highest BCUT2D eigenvalue weighted by atomic mass is 16.1. The third-order valence-electron chi connectivity index (χ3n) is 4.66. The summed E-state index contributed by atoms with van der Waals surface area (Å²) in [5.74, 6) is 0.542. The first-order valence-electron chi connectivity index (χ1n) is 8.84. The molecule has 0 aliphatic carbocycles. The predicted molar refractivity (Wildman–Crippen MR) is 104 cm³/mol. The first-order valence-corrected chi connectivity index (χ1v) is 8.84. The number of carbonyl (C=O) groups is 1. The molecule has 1 amide bonds. The van der Waals surface area contributed by atoms with Gasteiger partial charge in [0.1, 0.15) is 5.82 Å². The summed E-state index contributed by atoms with van der Waals surface area (Å²) in [4.78, 5) is 29.4. The molecule has 0 saturated carbocycles. The monoisotopic (exact) mass is 349 g/mol. The second-order valence-corrected chi connectivity index (χ2v) is 6.42. The summed E-state index contributed by atoms with van der Waals surface area (Å²) in [6, 6.07) is 13.3. The predicted octanol–water partition coefficient (Wildman–Crippen LogP) is 3.38. The van der Waals surface area contributed by atoms with E-state index in [1.54, 1.807) is 13.1 Å². The van der Waals surface area contributed by atoms with Crippen molar-refractivity contribution in [3.05, 3.63) is 69.8 Å². The van der Waals surface area contributed by atoms with Gasteiger partial charge in [-0.1, -0.05) is 37.3 Å². The minimum Gasteiger partial charge on any atom is -0.326 e. The lowest BCUT2D eigenvalue weighted by Gasteiger charge is -2.13. The number of aryl methyl sites for hydroxylation is 3. The van der Waals surface area contributed by atoms with E-state index in [1.165, 1.54) is 4.57 Å². The number of amides is 1. The van der Waals surface area contributed by atoms with Crippen LogP contribution in [0, 0.1) is 6.92 Å². The minimum atomic E-state index is -0.0850. The highest BCUT2D eigenvalue weighted by Gasteiger charge is 2.12. The number of rotatable bonds is 5. The molecule has 0 fully saturated rings. The number of hydrogen-bond acceptors (Lipinski definition) is 3. The van der Waals surface area contributed by atoms with Gasteiger partial charge >= 0.3 is 0 Å². The quantitative estimate of drug-likeness (QED) is 0.768. The second-order valence-electron chi connectivity index (χ2n) is 6.42. The molecule has 0 bridgehead atoms. The van der Waals surface area contributed by atoms with Gasteiger partial charge in [-0.2, -0.15) is 0 Å². The molecular weight excluding hydrogens is 326 g/mol. The van der Waals surface area contributed by atoms with Crippen molar-refractivity contribution >= 4 is 22.5 Å². The molecule has 1 heterocycles. The van der Waals surface area contributed by atoms with E-state index in [9.17, 15) is 9.59 Å². The molecule has 5 heteroatoms. The average Bonchev–Trinajstić information content (AvgIpc) is 2.65. The fourth-order valence-corrected chi connectivity index (χ4v) is 3.12. The number of carbonyl (C=O) groups excluding carboxylic acids is 1. The van der Waals surface area contributed by atoms with E-state index >= 15 is 0 Å². The summed E-state index contributed by atoms with van der Waals surface area (Å²) >= 11 is 0. The van der Waals surface area contributed by atoms with Crippen molar-refractivity contribution in [1.82, 2.24) is 9.55 Å². The molecule has 0 unspecified atom stereocenters. The Morgan fingerprint density at radius 1 is 1.15 bits per heavy atom. The normalized spacial score (nSPS) is 10.9. The summed E-state index contributed by atoms with van der Waals surface area (Å²) < 4.78 is 1.53. The summed E-state index contributed by atoms with van der Waals surface area (Å²) in [5, 5.41) is 3.61. The summed E-state index contributed by atoms with van der Waals surface area (Å²) in [7, 11) is 1.70. The molecule has 3 aromatic rings. The van der Waals surface area contributed by atoms with Gasteiger partial charge in [0.15, 0.2) is 0 Å². The van der Waals surface area contributed by atoms with E-state index in [-0.39, 0.29) is 17.9 Å². The maximum Gasteiger partial charge on any atom is 0.261 e. The van der Waals surface area contributed by atoms with Crippen LogP contribution in [0.2, 0.25) is 0 Å².